The third-order valence-corrected chi connectivity index (χ3v) is 2.69. The summed E-state index contributed by atoms with van der Waals surface area (Å²) in [6.45, 7) is 5.07. The van der Waals surface area contributed by atoms with Gasteiger partial charge >= 0.3 is 0 Å². The zero-order valence-corrected chi connectivity index (χ0v) is 10.1. The predicted molar refractivity (Wildman–Crippen MR) is 70.2 cm³/mol. The largest absolute Gasteiger partial charge is 0.357 e. The molecule has 2 aromatic rings. The van der Waals surface area contributed by atoms with Crippen molar-refractivity contribution in [2.45, 2.75) is 13.8 Å². The van der Waals surface area contributed by atoms with Crippen molar-refractivity contribution in [2.75, 3.05) is 18.4 Å². The second-order valence-corrected chi connectivity index (χ2v) is 4.00. The van der Waals surface area contributed by atoms with Gasteiger partial charge in [0.2, 0.25) is 5.91 Å². The number of aromatic nitrogens is 1. The maximum atomic E-state index is 11.7. The molecule has 0 fully saturated rings. The molecule has 1 heterocycles. The van der Waals surface area contributed by atoms with E-state index in [1.54, 1.807) is 0 Å². The first-order valence-corrected chi connectivity index (χ1v) is 5.80. The van der Waals surface area contributed by atoms with Crippen LogP contribution in [0.2, 0.25) is 0 Å². The molecule has 1 aromatic carbocycles. The molecule has 0 bridgehead atoms. The molecule has 0 saturated carbocycles. The molecule has 3 N–H and O–H groups in total. The monoisotopic (exact) mass is 231 g/mol. The average molecular weight is 231 g/mol. The highest BCUT2D eigenvalue weighted by Crippen LogP contribution is 2.26. The molecule has 0 aliphatic heterocycles. The van der Waals surface area contributed by atoms with Crippen LogP contribution in [0.1, 0.15) is 12.6 Å². The third-order valence-electron chi connectivity index (χ3n) is 2.69. The van der Waals surface area contributed by atoms with Crippen LogP contribution in [-0.2, 0) is 4.79 Å². The van der Waals surface area contributed by atoms with Crippen molar-refractivity contribution in [3.63, 3.8) is 0 Å². The number of anilines is 1. The number of fused-ring (bicyclic) bond motifs is 1. The van der Waals surface area contributed by atoms with Gasteiger partial charge in [0.1, 0.15) is 0 Å². The Labute approximate surface area is 100 Å². The zero-order valence-electron chi connectivity index (χ0n) is 10.1. The van der Waals surface area contributed by atoms with Gasteiger partial charge in [0.15, 0.2) is 0 Å². The summed E-state index contributed by atoms with van der Waals surface area (Å²) < 4.78 is 0. The molecule has 0 saturated heterocycles. The molecule has 0 aliphatic carbocycles. The Kier molecular flexibility index (Phi) is 3.44. The highest BCUT2D eigenvalue weighted by molar-refractivity contribution is 6.03. The fraction of sp³-hybridized carbons (Fsp3) is 0.308. The lowest BCUT2D eigenvalue weighted by Crippen LogP contribution is -2.27. The first kappa shape index (κ1) is 11.7. The molecule has 1 amide bonds. The number of nitrogens with one attached hydrogen (secondary N) is 3. The summed E-state index contributed by atoms with van der Waals surface area (Å²) in [4.78, 5) is 14.9. The molecule has 0 radical (unpaired) electrons. The lowest BCUT2D eigenvalue weighted by Gasteiger charge is -2.05. The molecule has 2 rings (SSSR count). The van der Waals surface area contributed by atoms with Gasteiger partial charge < -0.3 is 15.6 Å². The van der Waals surface area contributed by atoms with Gasteiger partial charge in [-0.05, 0) is 19.5 Å². The van der Waals surface area contributed by atoms with Crippen LogP contribution in [0, 0.1) is 6.92 Å². The SMILES string of the molecule is CCNCC(=O)Nc1c(C)[nH]c2ccccc12. The van der Waals surface area contributed by atoms with Gasteiger partial charge in [-0.15, -0.1) is 0 Å². The molecular weight excluding hydrogens is 214 g/mol. The molecule has 0 aliphatic rings. The first-order chi connectivity index (χ1) is 8.22. The number of hydrogen-bond donors (Lipinski definition) is 3. The number of rotatable bonds is 4. The third kappa shape index (κ3) is 2.47. The molecule has 1 aromatic heterocycles. The number of H-pyrrole nitrogens is 1. The van der Waals surface area contributed by atoms with E-state index < -0.39 is 0 Å². The normalized spacial score (nSPS) is 10.7. The van der Waals surface area contributed by atoms with E-state index in [0.29, 0.717) is 6.54 Å². The Hall–Kier alpha value is -1.81. The molecule has 0 spiro atoms. The predicted octanol–water partition coefficient (Wildman–Crippen LogP) is 2.02. The number of aromatic amines is 1. The smallest absolute Gasteiger partial charge is 0.238 e. The van der Waals surface area contributed by atoms with Crippen LogP contribution in [-0.4, -0.2) is 24.0 Å². The number of hydrogen-bond acceptors (Lipinski definition) is 2. The zero-order chi connectivity index (χ0) is 12.3. The number of amides is 1. The Bertz CT molecular complexity index is 530. The minimum atomic E-state index is -0.0142. The van der Waals surface area contributed by atoms with Gasteiger partial charge in [0.05, 0.1) is 12.2 Å². The summed E-state index contributed by atoms with van der Waals surface area (Å²) in [5, 5.41) is 6.99. The van der Waals surface area contributed by atoms with Crippen molar-refractivity contribution in [2.24, 2.45) is 0 Å². The van der Waals surface area contributed by atoms with E-state index in [0.717, 1.165) is 28.8 Å². The summed E-state index contributed by atoms with van der Waals surface area (Å²) in [6, 6.07) is 7.95. The second kappa shape index (κ2) is 5.01. The highest BCUT2D eigenvalue weighted by atomic mass is 16.1. The van der Waals surface area contributed by atoms with Crippen LogP contribution in [0.5, 0.6) is 0 Å². The van der Waals surface area contributed by atoms with Crippen molar-refractivity contribution in [3.8, 4) is 0 Å². The van der Waals surface area contributed by atoms with Crippen LogP contribution in [0.3, 0.4) is 0 Å². The highest BCUT2D eigenvalue weighted by Gasteiger charge is 2.10. The Morgan fingerprint density at radius 3 is 2.88 bits per heavy atom. The van der Waals surface area contributed by atoms with E-state index in [4.69, 9.17) is 0 Å². The molecular formula is C13H17N3O. The molecule has 0 atom stereocenters. The first-order valence-electron chi connectivity index (χ1n) is 5.80. The number of benzene rings is 1. The van der Waals surface area contributed by atoms with E-state index in [-0.39, 0.29) is 5.91 Å². The Morgan fingerprint density at radius 2 is 2.12 bits per heavy atom. The number of carbonyl (C=O) groups is 1. The maximum absolute atomic E-state index is 11.7. The molecule has 17 heavy (non-hydrogen) atoms. The Morgan fingerprint density at radius 1 is 1.35 bits per heavy atom. The van der Waals surface area contributed by atoms with Crippen LogP contribution in [0.25, 0.3) is 10.9 Å². The minimum Gasteiger partial charge on any atom is -0.357 e. The lowest BCUT2D eigenvalue weighted by atomic mass is 10.2. The number of para-hydroxylation sites is 1. The second-order valence-electron chi connectivity index (χ2n) is 4.00. The molecule has 90 valence electrons. The van der Waals surface area contributed by atoms with Crippen LogP contribution in [0.15, 0.2) is 24.3 Å². The number of carbonyl (C=O) groups excluding carboxylic acids is 1. The van der Waals surface area contributed by atoms with Crippen molar-refractivity contribution in [1.82, 2.24) is 10.3 Å². The van der Waals surface area contributed by atoms with E-state index in [1.807, 2.05) is 38.1 Å². The fourth-order valence-electron chi connectivity index (χ4n) is 1.86. The Balaban J connectivity index is 2.23. The van der Waals surface area contributed by atoms with Gasteiger partial charge in [0.25, 0.3) is 0 Å². The van der Waals surface area contributed by atoms with Gasteiger partial charge in [-0.3, -0.25) is 4.79 Å². The van der Waals surface area contributed by atoms with E-state index >= 15 is 0 Å². The topological polar surface area (TPSA) is 56.9 Å². The van der Waals surface area contributed by atoms with Crippen LogP contribution in [0.4, 0.5) is 5.69 Å². The van der Waals surface area contributed by atoms with E-state index in [9.17, 15) is 4.79 Å². The average Bonchev–Trinajstić information content (AvgIpc) is 2.64. The van der Waals surface area contributed by atoms with Crippen molar-refractivity contribution < 1.29 is 4.79 Å². The minimum absolute atomic E-state index is 0.0142. The quantitative estimate of drug-likeness (QED) is 0.754. The lowest BCUT2D eigenvalue weighted by molar-refractivity contribution is -0.115. The van der Waals surface area contributed by atoms with Crippen LogP contribution < -0.4 is 10.6 Å². The van der Waals surface area contributed by atoms with Crippen molar-refractivity contribution >= 4 is 22.5 Å². The summed E-state index contributed by atoms with van der Waals surface area (Å²) in [5.74, 6) is -0.0142. The van der Waals surface area contributed by atoms with Crippen molar-refractivity contribution in [1.29, 1.82) is 0 Å². The summed E-state index contributed by atoms with van der Waals surface area (Å²) >= 11 is 0. The fourth-order valence-corrected chi connectivity index (χ4v) is 1.86. The van der Waals surface area contributed by atoms with Gasteiger partial charge in [-0.2, -0.15) is 0 Å². The van der Waals surface area contributed by atoms with Crippen LogP contribution >= 0.6 is 0 Å². The van der Waals surface area contributed by atoms with E-state index in [1.165, 1.54) is 0 Å². The number of likely N-dealkylation sites (N-methyl/N-ethyl adjacent to an activating group) is 1. The summed E-state index contributed by atoms with van der Waals surface area (Å²) in [5.41, 5.74) is 2.91. The summed E-state index contributed by atoms with van der Waals surface area (Å²) in [6.07, 6.45) is 0. The number of aryl methyl sites for hydroxylation is 1. The van der Waals surface area contributed by atoms with Gasteiger partial charge in [-0.1, -0.05) is 25.1 Å². The van der Waals surface area contributed by atoms with Crippen molar-refractivity contribution in [3.05, 3.63) is 30.0 Å². The molecule has 4 nitrogen and oxygen atoms in total. The van der Waals surface area contributed by atoms with Gasteiger partial charge in [0, 0.05) is 16.6 Å². The summed E-state index contributed by atoms with van der Waals surface area (Å²) in [7, 11) is 0. The molecule has 4 heteroatoms. The maximum Gasteiger partial charge on any atom is 0.238 e. The standard InChI is InChI=1S/C13H17N3O/c1-3-14-8-12(17)16-13-9(2)15-11-7-5-4-6-10(11)13/h4-7,14-15H,3,8H2,1-2H3,(H,16,17). The van der Waals surface area contributed by atoms with Gasteiger partial charge in [-0.25, -0.2) is 0 Å². The molecule has 0 unspecified atom stereocenters. The van der Waals surface area contributed by atoms with E-state index in [2.05, 4.69) is 15.6 Å².